The Morgan fingerprint density at radius 2 is 2.03 bits per heavy atom. The van der Waals surface area contributed by atoms with Crippen LogP contribution in [-0.4, -0.2) is 50.0 Å². The van der Waals surface area contributed by atoms with E-state index >= 15 is 0 Å². The average Bonchev–Trinajstić information content (AvgIpc) is 3.52. The number of hydrogen-bond acceptors (Lipinski definition) is 7. The van der Waals surface area contributed by atoms with Crippen molar-refractivity contribution in [3.05, 3.63) is 42.2 Å². The number of halogens is 1. The number of rotatable bonds is 6. The number of carbonyl (C=O) groups excluding carboxylic acids is 2. The molecule has 3 aromatic heterocycles. The van der Waals surface area contributed by atoms with Gasteiger partial charge in [0.2, 0.25) is 5.91 Å². The van der Waals surface area contributed by atoms with Gasteiger partial charge in [0, 0.05) is 24.8 Å². The van der Waals surface area contributed by atoms with Crippen LogP contribution >= 0.6 is 0 Å². The number of carbonyl (C=O) groups is 2. The van der Waals surface area contributed by atoms with Gasteiger partial charge in [-0.05, 0) is 38.2 Å². The Kier molecular flexibility index (Phi) is 5.29. The maximum Gasteiger partial charge on any atom is 0.276 e. The number of nitrogens with one attached hydrogen (secondary N) is 4. The van der Waals surface area contributed by atoms with E-state index in [1.54, 1.807) is 0 Å². The molecule has 0 spiro atoms. The molecule has 0 radical (unpaired) electrons. The molecular formula is C21H23FN8O2. The Balaban J connectivity index is 1.48. The first-order valence-corrected chi connectivity index (χ1v) is 10.7. The van der Waals surface area contributed by atoms with Crippen molar-refractivity contribution in [3.8, 4) is 0 Å². The Bertz CT molecular complexity index is 1180. The van der Waals surface area contributed by atoms with Gasteiger partial charge in [-0.2, -0.15) is 0 Å². The van der Waals surface area contributed by atoms with Crippen LogP contribution in [-0.2, 0) is 4.79 Å². The number of aromatic nitrogens is 4. The molecular weight excluding hydrogens is 415 g/mol. The SMILES string of the molecule is O=C(Nc1ccncc1F)c1cnc2c(NC3CC3)cc(NC3CCCCNC3=O)nn12. The molecule has 2 aliphatic rings. The van der Waals surface area contributed by atoms with Gasteiger partial charge in [0.15, 0.2) is 17.2 Å². The van der Waals surface area contributed by atoms with E-state index in [1.807, 2.05) is 6.07 Å². The summed E-state index contributed by atoms with van der Waals surface area (Å²) in [7, 11) is 0. The van der Waals surface area contributed by atoms with Gasteiger partial charge in [0.1, 0.15) is 11.9 Å². The van der Waals surface area contributed by atoms with Crippen LogP contribution in [0.4, 0.5) is 21.6 Å². The highest BCUT2D eigenvalue weighted by molar-refractivity contribution is 6.03. The highest BCUT2D eigenvalue weighted by Gasteiger charge is 2.26. The maximum atomic E-state index is 13.9. The van der Waals surface area contributed by atoms with E-state index in [1.165, 1.54) is 23.0 Å². The summed E-state index contributed by atoms with van der Waals surface area (Å²) in [5.41, 5.74) is 1.35. The third-order valence-electron chi connectivity index (χ3n) is 5.52. The predicted octanol–water partition coefficient (Wildman–Crippen LogP) is 2.17. The highest BCUT2D eigenvalue weighted by Crippen LogP contribution is 2.29. The minimum absolute atomic E-state index is 0.0145. The molecule has 5 rings (SSSR count). The molecule has 1 saturated heterocycles. The Hall–Kier alpha value is -3.76. The molecule has 11 heteroatoms. The average molecular weight is 438 g/mol. The van der Waals surface area contributed by atoms with Gasteiger partial charge >= 0.3 is 0 Å². The van der Waals surface area contributed by atoms with Crippen LogP contribution in [0.2, 0.25) is 0 Å². The van der Waals surface area contributed by atoms with E-state index in [0.717, 1.165) is 31.9 Å². The Labute approximate surface area is 183 Å². The predicted molar refractivity (Wildman–Crippen MR) is 116 cm³/mol. The van der Waals surface area contributed by atoms with Crippen molar-refractivity contribution < 1.29 is 14.0 Å². The zero-order valence-electron chi connectivity index (χ0n) is 17.3. The summed E-state index contributed by atoms with van der Waals surface area (Å²) < 4.78 is 15.4. The van der Waals surface area contributed by atoms with E-state index in [4.69, 9.17) is 0 Å². The molecule has 4 heterocycles. The minimum atomic E-state index is -0.638. The number of anilines is 3. The molecule has 1 saturated carbocycles. The quantitative estimate of drug-likeness (QED) is 0.465. The van der Waals surface area contributed by atoms with Gasteiger partial charge in [-0.1, -0.05) is 0 Å². The van der Waals surface area contributed by atoms with Crippen molar-refractivity contribution in [2.24, 2.45) is 0 Å². The first-order chi connectivity index (χ1) is 15.6. The topological polar surface area (TPSA) is 125 Å². The fourth-order valence-electron chi connectivity index (χ4n) is 3.67. The molecule has 3 aromatic rings. The van der Waals surface area contributed by atoms with Crippen molar-refractivity contribution >= 4 is 34.7 Å². The number of hydrogen-bond donors (Lipinski definition) is 4. The molecule has 4 N–H and O–H groups in total. The molecule has 0 bridgehead atoms. The van der Waals surface area contributed by atoms with Gasteiger partial charge in [-0.3, -0.25) is 14.6 Å². The Morgan fingerprint density at radius 3 is 2.84 bits per heavy atom. The molecule has 1 unspecified atom stereocenters. The van der Waals surface area contributed by atoms with Crippen molar-refractivity contribution in [1.29, 1.82) is 0 Å². The third-order valence-corrected chi connectivity index (χ3v) is 5.52. The number of imidazole rings is 1. The minimum Gasteiger partial charge on any atom is -0.379 e. The van der Waals surface area contributed by atoms with Crippen LogP contribution in [0.3, 0.4) is 0 Å². The van der Waals surface area contributed by atoms with Crippen molar-refractivity contribution in [3.63, 3.8) is 0 Å². The molecule has 1 aliphatic heterocycles. The van der Waals surface area contributed by atoms with Crippen molar-refractivity contribution in [2.75, 3.05) is 22.5 Å². The third kappa shape index (κ3) is 4.18. The maximum absolute atomic E-state index is 13.9. The molecule has 1 aliphatic carbocycles. The largest absolute Gasteiger partial charge is 0.379 e. The van der Waals surface area contributed by atoms with Crippen LogP contribution in [0.15, 0.2) is 30.7 Å². The summed E-state index contributed by atoms with van der Waals surface area (Å²) in [5.74, 6) is -0.819. The normalized spacial score (nSPS) is 18.7. The van der Waals surface area contributed by atoms with Crippen molar-refractivity contribution in [1.82, 2.24) is 24.9 Å². The zero-order chi connectivity index (χ0) is 22.1. The second-order valence-electron chi connectivity index (χ2n) is 8.03. The molecule has 2 fully saturated rings. The van der Waals surface area contributed by atoms with Crippen LogP contribution in [0, 0.1) is 5.82 Å². The van der Waals surface area contributed by atoms with Crippen molar-refractivity contribution in [2.45, 2.75) is 44.2 Å². The van der Waals surface area contributed by atoms with Gasteiger partial charge < -0.3 is 21.3 Å². The zero-order valence-corrected chi connectivity index (χ0v) is 17.3. The van der Waals surface area contributed by atoms with Crippen LogP contribution < -0.4 is 21.3 Å². The second kappa shape index (κ2) is 8.40. The fourth-order valence-corrected chi connectivity index (χ4v) is 3.67. The van der Waals surface area contributed by atoms with Crippen LogP contribution in [0.25, 0.3) is 5.65 Å². The summed E-state index contributed by atoms with van der Waals surface area (Å²) >= 11 is 0. The number of nitrogens with zero attached hydrogens (tertiary/aromatic N) is 4. The first-order valence-electron chi connectivity index (χ1n) is 10.7. The lowest BCUT2D eigenvalue weighted by Gasteiger charge is -2.17. The smallest absolute Gasteiger partial charge is 0.276 e. The van der Waals surface area contributed by atoms with E-state index in [9.17, 15) is 14.0 Å². The van der Waals surface area contributed by atoms with Gasteiger partial charge in [0.25, 0.3) is 5.91 Å². The highest BCUT2D eigenvalue weighted by atomic mass is 19.1. The van der Waals surface area contributed by atoms with Gasteiger partial charge in [0.05, 0.1) is 23.8 Å². The number of fused-ring (bicyclic) bond motifs is 1. The monoisotopic (exact) mass is 438 g/mol. The lowest BCUT2D eigenvalue weighted by molar-refractivity contribution is -0.121. The number of pyridine rings is 1. The summed E-state index contributed by atoms with van der Waals surface area (Å²) in [5, 5.41) is 16.6. The van der Waals surface area contributed by atoms with E-state index in [0.29, 0.717) is 36.2 Å². The first kappa shape index (κ1) is 20.2. The van der Waals surface area contributed by atoms with E-state index < -0.39 is 17.8 Å². The summed E-state index contributed by atoms with van der Waals surface area (Å²) in [4.78, 5) is 33.3. The van der Waals surface area contributed by atoms with E-state index in [-0.39, 0.29) is 17.3 Å². The Morgan fingerprint density at radius 1 is 1.16 bits per heavy atom. The molecule has 1 atom stereocenters. The van der Waals surface area contributed by atoms with E-state index in [2.05, 4.69) is 36.3 Å². The molecule has 32 heavy (non-hydrogen) atoms. The fraction of sp³-hybridized carbons (Fsp3) is 0.381. The lowest BCUT2D eigenvalue weighted by Crippen LogP contribution is -2.38. The van der Waals surface area contributed by atoms with Gasteiger partial charge in [-0.25, -0.2) is 13.9 Å². The lowest BCUT2D eigenvalue weighted by atomic mass is 10.1. The van der Waals surface area contributed by atoms with Gasteiger partial charge in [-0.15, -0.1) is 5.10 Å². The van der Waals surface area contributed by atoms with Crippen LogP contribution in [0.5, 0.6) is 0 Å². The summed E-state index contributed by atoms with van der Waals surface area (Å²) in [6.45, 7) is 0.662. The second-order valence-corrected chi connectivity index (χ2v) is 8.03. The molecule has 2 amide bonds. The standard InChI is InChI=1S/C21H23FN8O2/c22-13-10-23-8-6-14(13)28-21(32)17-11-25-19-16(26-12-4-5-12)9-18(29-30(17)19)27-15-3-1-2-7-24-20(15)31/h6,8-12,15,26H,1-5,7H2,(H,24,31)(H,27,29)(H,23,28,32). The number of amides is 2. The molecule has 0 aromatic carbocycles. The van der Waals surface area contributed by atoms with Crippen LogP contribution in [0.1, 0.15) is 42.6 Å². The molecule has 166 valence electrons. The molecule has 10 nitrogen and oxygen atoms in total. The summed E-state index contributed by atoms with van der Waals surface area (Å²) in [6.07, 6.45) is 8.47. The summed E-state index contributed by atoms with van der Waals surface area (Å²) in [6, 6.07) is 3.11.